The van der Waals surface area contributed by atoms with Gasteiger partial charge in [0.15, 0.2) is 5.11 Å². The minimum Gasteiger partial charge on any atom is -0.331 e. The molecular formula is C18H16F3N3OS. The van der Waals surface area contributed by atoms with Crippen LogP contribution in [0.1, 0.15) is 12.5 Å². The van der Waals surface area contributed by atoms with Crippen molar-refractivity contribution in [3.05, 3.63) is 60.2 Å². The van der Waals surface area contributed by atoms with Crippen molar-refractivity contribution < 1.29 is 18.0 Å². The molecule has 1 fully saturated rings. The highest BCUT2D eigenvalue weighted by molar-refractivity contribution is 7.80. The van der Waals surface area contributed by atoms with Crippen LogP contribution in [0.4, 0.5) is 24.5 Å². The molecule has 4 nitrogen and oxygen atoms in total. The van der Waals surface area contributed by atoms with E-state index >= 15 is 0 Å². The van der Waals surface area contributed by atoms with Gasteiger partial charge in [0, 0.05) is 5.69 Å². The van der Waals surface area contributed by atoms with Crippen LogP contribution in [0.3, 0.4) is 0 Å². The minimum atomic E-state index is -4.39. The first-order valence-electron chi connectivity index (χ1n) is 7.92. The van der Waals surface area contributed by atoms with Gasteiger partial charge in [0.05, 0.1) is 23.7 Å². The molecule has 0 aliphatic carbocycles. The number of nitrogens with one attached hydrogen (secondary N) is 1. The van der Waals surface area contributed by atoms with Gasteiger partial charge in [-0.15, -0.1) is 0 Å². The Bertz CT molecular complexity index is 809. The zero-order valence-electron chi connectivity index (χ0n) is 13.8. The smallest absolute Gasteiger partial charge is 0.331 e. The highest BCUT2D eigenvalue weighted by atomic mass is 32.1. The van der Waals surface area contributed by atoms with E-state index in [0.29, 0.717) is 17.9 Å². The molecule has 1 aliphatic heterocycles. The second kappa shape index (κ2) is 6.95. The molecule has 26 heavy (non-hydrogen) atoms. The zero-order valence-corrected chi connectivity index (χ0v) is 14.6. The van der Waals surface area contributed by atoms with Crippen LogP contribution in [0, 0.1) is 5.92 Å². The van der Waals surface area contributed by atoms with Gasteiger partial charge in [-0.25, -0.2) is 5.01 Å². The molecule has 1 heterocycles. The molecule has 2 aromatic rings. The Balaban J connectivity index is 1.79. The van der Waals surface area contributed by atoms with E-state index in [0.717, 1.165) is 12.1 Å². The first-order chi connectivity index (χ1) is 12.3. The fourth-order valence-corrected chi connectivity index (χ4v) is 2.96. The second-order valence-corrected chi connectivity index (χ2v) is 6.36. The Morgan fingerprint density at radius 2 is 1.73 bits per heavy atom. The van der Waals surface area contributed by atoms with Crippen molar-refractivity contribution in [1.29, 1.82) is 0 Å². The fourth-order valence-electron chi connectivity index (χ4n) is 2.69. The molecule has 1 N–H and O–H groups in total. The standard InChI is InChI=1S/C18H16F3N3OS/c1-12-11-23(24(16(12)25)15-5-3-2-4-6-15)17(26)22-14-9-7-13(8-10-14)18(19,20)21/h2-10,12H,11H2,1H3,(H,22,26). The third-order valence-corrected chi connectivity index (χ3v) is 4.33. The van der Waals surface area contributed by atoms with Crippen LogP contribution in [0.25, 0.3) is 0 Å². The lowest BCUT2D eigenvalue weighted by Gasteiger charge is -2.30. The molecule has 136 valence electrons. The summed E-state index contributed by atoms with van der Waals surface area (Å²) in [7, 11) is 0. The number of alkyl halides is 3. The molecule has 2 aromatic carbocycles. The summed E-state index contributed by atoms with van der Waals surface area (Å²) in [6.07, 6.45) is -4.39. The molecule has 1 unspecified atom stereocenters. The molecule has 0 saturated carbocycles. The van der Waals surface area contributed by atoms with Crippen molar-refractivity contribution in [2.75, 3.05) is 16.9 Å². The molecule has 0 bridgehead atoms. The van der Waals surface area contributed by atoms with E-state index in [1.807, 2.05) is 18.2 Å². The number of hydrogen-bond donors (Lipinski definition) is 1. The van der Waals surface area contributed by atoms with Crippen molar-refractivity contribution in [3.63, 3.8) is 0 Å². The molecule has 8 heteroatoms. The zero-order chi connectivity index (χ0) is 18.9. The topological polar surface area (TPSA) is 35.6 Å². The van der Waals surface area contributed by atoms with Crippen LogP contribution >= 0.6 is 12.2 Å². The molecule has 0 aromatic heterocycles. The summed E-state index contributed by atoms with van der Waals surface area (Å²) in [5.74, 6) is -0.338. The lowest BCUT2D eigenvalue weighted by Crippen LogP contribution is -2.45. The van der Waals surface area contributed by atoms with Gasteiger partial charge >= 0.3 is 6.18 Å². The fraction of sp³-hybridized carbons (Fsp3) is 0.222. The van der Waals surface area contributed by atoms with E-state index in [2.05, 4.69) is 5.32 Å². The number of nitrogens with zero attached hydrogens (tertiary/aromatic N) is 2. The van der Waals surface area contributed by atoms with Crippen LogP contribution in [-0.4, -0.2) is 22.6 Å². The number of halogens is 3. The highest BCUT2D eigenvalue weighted by Gasteiger charge is 2.38. The summed E-state index contributed by atoms with van der Waals surface area (Å²) in [4.78, 5) is 12.5. The number of hydrogen-bond acceptors (Lipinski definition) is 2. The van der Waals surface area contributed by atoms with Gasteiger partial charge in [-0.3, -0.25) is 9.80 Å². The molecule has 1 saturated heterocycles. The predicted octanol–water partition coefficient (Wildman–Crippen LogP) is 4.30. The van der Waals surface area contributed by atoms with E-state index in [1.54, 1.807) is 24.1 Å². The Kier molecular flexibility index (Phi) is 4.86. The SMILES string of the molecule is CC1CN(C(=S)Nc2ccc(C(F)(F)F)cc2)N(c2ccccc2)C1=O. The van der Waals surface area contributed by atoms with Gasteiger partial charge < -0.3 is 5.32 Å². The largest absolute Gasteiger partial charge is 0.416 e. The van der Waals surface area contributed by atoms with Crippen LogP contribution in [0.2, 0.25) is 0 Å². The summed E-state index contributed by atoms with van der Waals surface area (Å²) in [6.45, 7) is 2.19. The lowest BCUT2D eigenvalue weighted by molar-refractivity contribution is -0.137. The average molecular weight is 379 g/mol. The summed E-state index contributed by atoms with van der Waals surface area (Å²) in [6, 6.07) is 13.7. The summed E-state index contributed by atoms with van der Waals surface area (Å²) < 4.78 is 38.0. The summed E-state index contributed by atoms with van der Waals surface area (Å²) in [5.41, 5.74) is 0.367. The number of amides is 1. The summed E-state index contributed by atoms with van der Waals surface area (Å²) in [5, 5.41) is 6.25. The Hall–Kier alpha value is -2.61. The van der Waals surface area contributed by atoms with Gasteiger partial charge in [-0.2, -0.15) is 13.2 Å². The molecular weight excluding hydrogens is 363 g/mol. The molecule has 0 spiro atoms. The maximum atomic E-state index is 12.7. The molecule has 1 amide bonds. The second-order valence-electron chi connectivity index (χ2n) is 5.97. The number of thiocarbonyl (C=S) groups is 1. The number of carbonyl (C=O) groups is 1. The molecule has 1 atom stereocenters. The van der Waals surface area contributed by atoms with Crippen LogP contribution in [0.15, 0.2) is 54.6 Å². The quantitative estimate of drug-likeness (QED) is 0.789. The van der Waals surface area contributed by atoms with Gasteiger partial charge in [0.2, 0.25) is 0 Å². The number of benzene rings is 2. The van der Waals surface area contributed by atoms with Crippen molar-refractivity contribution in [2.24, 2.45) is 5.92 Å². The molecule has 1 aliphatic rings. The average Bonchev–Trinajstić information content (AvgIpc) is 2.91. The number of carbonyl (C=O) groups excluding carboxylic acids is 1. The molecule has 3 rings (SSSR count). The Morgan fingerprint density at radius 3 is 2.31 bits per heavy atom. The van der Waals surface area contributed by atoms with Crippen molar-refractivity contribution in [2.45, 2.75) is 13.1 Å². The highest BCUT2D eigenvalue weighted by Crippen LogP contribution is 2.30. The first kappa shape index (κ1) is 18.2. The lowest BCUT2D eigenvalue weighted by atomic mass is 10.2. The van der Waals surface area contributed by atoms with Crippen molar-refractivity contribution in [1.82, 2.24) is 5.01 Å². The van der Waals surface area contributed by atoms with Gasteiger partial charge in [-0.1, -0.05) is 25.1 Å². The Morgan fingerprint density at radius 1 is 1.12 bits per heavy atom. The van der Waals surface area contributed by atoms with Gasteiger partial charge in [0.25, 0.3) is 5.91 Å². The van der Waals surface area contributed by atoms with Gasteiger partial charge in [0.1, 0.15) is 0 Å². The maximum Gasteiger partial charge on any atom is 0.416 e. The summed E-state index contributed by atoms with van der Waals surface area (Å²) >= 11 is 5.38. The van der Waals surface area contributed by atoms with E-state index < -0.39 is 11.7 Å². The third kappa shape index (κ3) is 3.65. The van der Waals surface area contributed by atoms with Crippen LogP contribution < -0.4 is 10.3 Å². The van der Waals surface area contributed by atoms with Gasteiger partial charge in [-0.05, 0) is 48.6 Å². The predicted molar refractivity (Wildman–Crippen MR) is 97.5 cm³/mol. The minimum absolute atomic E-state index is 0.0900. The van der Waals surface area contributed by atoms with E-state index in [9.17, 15) is 18.0 Å². The van der Waals surface area contributed by atoms with Crippen molar-refractivity contribution in [3.8, 4) is 0 Å². The maximum absolute atomic E-state index is 12.7. The number of para-hydroxylation sites is 1. The van der Waals surface area contributed by atoms with Crippen LogP contribution in [0.5, 0.6) is 0 Å². The molecule has 0 radical (unpaired) electrons. The number of hydrazine groups is 1. The monoisotopic (exact) mass is 379 g/mol. The van der Waals surface area contributed by atoms with Crippen molar-refractivity contribution >= 4 is 34.6 Å². The first-order valence-corrected chi connectivity index (χ1v) is 8.33. The normalized spacial score (nSPS) is 17.5. The van der Waals surface area contributed by atoms with Crippen LogP contribution in [-0.2, 0) is 11.0 Å². The van der Waals surface area contributed by atoms with E-state index in [4.69, 9.17) is 12.2 Å². The van der Waals surface area contributed by atoms with E-state index in [-0.39, 0.29) is 16.9 Å². The number of anilines is 2. The number of rotatable bonds is 2. The van der Waals surface area contributed by atoms with E-state index in [1.165, 1.54) is 17.1 Å². The third-order valence-electron chi connectivity index (χ3n) is 4.02. The Labute approximate surface area is 154 Å².